The average Bonchev–Trinajstić information content (AvgIpc) is 2.68. The van der Waals surface area contributed by atoms with Crippen LogP contribution in [0.15, 0.2) is 0 Å². The molecular formula is C25H44Cl2O. The van der Waals surface area contributed by atoms with Crippen molar-refractivity contribution in [2.75, 3.05) is 5.88 Å². The Labute approximate surface area is 185 Å². The van der Waals surface area contributed by atoms with Gasteiger partial charge in [-0.2, -0.15) is 0 Å². The lowest BCUT2D eigenvalue weighted by atomic mass is 10.0. The van der Waals surface area contributed by atoms with E-state index < -0.39 is 5.24 Å². The minimum Gasteiger partial charge on any atom is -0.266 e. The second kappa shape index (κ2) is 24.8. The first-order valence-electron chi connectivity index (χ1n) is 12.0. The maximum Gasteiger partial charge on any atom is 0.296 e. The van der Waals surface area contributed by atoms with Crippen molar-refractivity contribution < 1.29 is 4.79 Å². The molecule has 0 aliphatic carbocycles. The fraction of sp³-hybridized carbons (Fsp3) is 0.880. The molecule has 0 aromatic carbocycles. The smallest absolute Gasteiger partial charge is 0.266 e. The van der Waals surface area contributed by atoms with Crippen LogP contribution in [0.5, 0.6) is 0 Å². The van der Waals surface area contributed by atoms with Crippen LogP contribution in [0.25, 0.3) is 0 Å². The van der Waals surface area contributed by atoms with Gasteiger partial charge in [0.25, 0.3) is 5.24 Å². The average molecular weight is 432 g/mol. The van der Waals surface area contributed by atoms with E-state index in [9.17, 15) is 4.79 Å². The summed E-state index contributed by atoms with van der Waals surface area (Å²) >= 11 is 10.8. The fourth-order valence-electron chi connectivity index (χ4n) is 3.62. The van der Waals surface area contributed by atoms with Crippen molar-refractivity contribution >= 4 is 28.4 Å². The molecule has 164 valence electrons. The molecule has 0 radical (unpaired) electrons. The van der Waals surface area contributed by atoms with Crippen molar-refractivity contribution in [3.63, 3.8) is 0 Å². The molecule has 0 amide bonds. The number of alkyl halides is 1. The van der Waals surface area contributed by atoms with Gasteiger partial charge < -0.3 is 0 Å². The number of unbranched alkanes of at least 4 members (excludes halogenated alkanes) is 20. The van der Waals surface area contributed by atoms with Gasteiger partial charge in [0.15, 0.2) is 0 Å². The van der Waals surface area contributed by atoms with Gasteiger partial charge in [0.05, 0.1) is 0 Å². The maximum atomic E-state index is 10.4. The molecule has 0 unspecified atom stereocenters. The van der Waals surface area contributed by atoms with Gasteiger partial charge in [-0.05, 0) is 30.4 Å². The first-order chi connectivity index (χ1) is 13.8. The van der Waals surface area contributed by atoms with E-state index >= 15 is 0 Å². The van der Waals surface area contributed by atoms with E-state index in [1.807, 2.05) is 0 Å². The Kier molecular flexibility index (Phi) is 24.7. The van der Waals surface area contributed by atoms with Gasteiger partial charge in [-0.25, -0.2) is 0 Å². The van der Waals surface area contributed by atoms with E-state index in [1.54, 1.807) is 0 Å². The molecule has 0 heterocycles. The molecule has 0 aromatic rings. The highest BCUT2D eigenvalue weighted by molar-refractivity contribution is 6.68. The van der Waals surface area contributed by atoms with E-state index in [-0.39, 0.29) is 0 Å². The lowest BCUT2D eigenvalue weighted by molar-refractivity contribution is -0.107. The van der Waals surface area contributed by atoms with E-state index in [0.29, 0.717) is 0 Å². The summed E-state index contributed by atoms with van der Waals surface area (Å²) < 4.78 is 0. The second-order valence-electron chi connectivity index (χ2n) is 8.09. The van der Waals surface area contributed by atoms with Crippen molar-refractivity contribution in [2.24, 2.45) is 0 Å². The number of hydrogen-bond acceptors (Lipinski definition) is 1. The van der Waals surface area contributed by atoms with Crippen LogP contribution in [0.2, 0.25) is 0 Å². The summed E-state index contributed by atoms with van der Waals surface area (Å²) in [6.45, 7) is 0. The van der Waals surface area contributed by atoms with Gasteiger partial charge in [-0.1, -0.05) is 121 Å². The topological polar surface area (TPSA) is 17.1 Å². The van der Waals surface area contributed by atoms with Crippen molar-refractivity contribution in [3.8, 4) is 11.8 Å². The monoisotopic (exact) mass is 430 g/mol. The number of halogens is 2. The summed E-state index contributed by atoms with van der Waals surface area (Å²) in [6, 6.07) is 0. The van der Waals surface area contributed by atoms with Crippen molar-refractivity contribution in [1.82, 2.24) is 0 Å². The standard InChI is InChI=1S/C25H44Cl2O/c26-24-22-20-18-16-14-12-10-8-6-4-2-1-3-5-7-9-11-13-15-17-19-21-23-25(27)28/h1-20,22,24H2. The van der Waals surface area contributed by atoms with Gasteiger partial charge in [-0.3, -0.25) is 4.79 Å². The van der Waals surface area contributed by atoms with Crippen LogP contribution in [0.3, 0.4) is 0 Å². The molecule has 3 heteroatoms. The first-order valence-corrected chi connectivity index (χ1v) is 12.9. The second-order valence-corrected chi connectivity index (χ2v) is 8.81. The third-order valence-corrected chi connectivity index (χ3v) is 5.73. The SMILES string of the molecule is O=C(Cl)C#CCCCCCCCCCCCCCCCCCCCCCCCl. The first kappa shape index (κ1) is 27.8. The van der Waals surface area contributed by atoms with Crippen LogP contribution in [0.4, 0.5) is 0 Å². The normalized spacial score (nSPS) is 10.6. The molecule has 0 saturated carbocycles. The Balaban J connectivity index is 3.03. The van der Waals surface area contributed by atoms with Crippen LogP contribution in [0.1, 0.15) is 135 Å². The quantitative estimate of drug-likeness (QED) is 0.0766. The third-order valence-electron chi connectivity index (χ3n) is 5.37. The summed E-state index contributed by atoms with van der Waals surface area (Å²) in [4.78, 5) is 10.4. The minimum absolute atomic E-state index is 0.542. The van der Waals surface area contributed by atoms with Crippen LogP contribution in [0, 0.1) is 11.8 Å². The highest BCUT2D eigenvalue weighted by Gasteiger charge is 1.95. The minimum atomic E-state index is -0.542. The Bertz CT molecular complexity index is 384. The van der Waals surface area contributed by atoms with Crippen molar-refractivity contribution in [2.45, 2.75) is 135 Å². The van der Waals surface area contributed by atoms with Gasteiger partial charge >= 0.3 is 0 Å². The molecule has 0 spiro atoms. The predicted octanol–water partition coefficient (Wildman–Crippen LogP) is 9.19. The number of rotatable bonds is 21. The Morgan fingerprint density at radius 3 is 1.07 bits per heavy atom. The zero-order valence-corrected chi connectivity index (χ0v) is 19.7. The molecule has 0 atom stereocenters. The molecule has 0 saturated heterocycles. The van der Waals surface area contributed by atoms with Gasteiger partial charge in [0.2, 0.25) is 0 Å². The molecule has 0 fully saturated rings. The van der Waals surface area contributed by atoms with Crippen LogP contribution >= 0.6 is 23.2 Å². The number of hydrogen-bond donors (Lipinski definition) is 0. The zero-order chi connectivity index (χ0) is 20.5. The molecule has 0 aliphatic heterocycles. The summed E-state index contributed by atoms with van der Waals surface area (Å²) in [5.41, 5.74) is 0. The lowest BCUT2D eigenvalue weighted by Crippen LogP contribution is -1.84. The molecule has 1 nitrogen and oxygen atoms in total. The van der Waals surface area contributed by atoms with E-state index in [2.05, 4.69) is 11.8 Å². The van der Waals surface area contributed by atoms with Gasteiger partial charge in [0.1, 0.15) is 0 Å². The Morgan fingerprint density at radius 2 is 0.786 bits per heavy atom. The predicted molar refractivity (Wildman–Crippen MR) is 126 cm³/mol. The maximum absolute atomic E-state index is 10.4. The molecule has 0 bridgehead atoms. The summed E-state index contributed by atoms with van der Waals surface area (Å²) in [7, 11) is 0. The summed E-state index contributed by atoms with van der Waals surface area (Å²) in [5, 5.41) is -0.542. The number of carbonyl (C=O) groups is 1. The Morgan fingerprint density at radius 1 is 0.500 bits per heavy atom. The molecule has 0 aliphatic rings. The molecule has 0 rings (SSSR count). The van der Waals surface area contributed by atoms with Crippen LogP contribution in [-0.4, -0.2) is 11.1 Å². The van der Waals surface area contributed by atoms with Gasteiger partial charge in [-0.15, -0.1) is 11.6 Å². The summed E-state index contributed by atoms with van der Waals surface area (Å²) in [5.74, 6) is 6.02. The summed E-state index contributed by atoms with van der Waals surface area (Å²) in [6.07, 6.45) is 28.1. The molecule has 28 heavy (non-hydrogen) atoms. The molecule has 0 N–H and O–H groups in total. The zero-order valence-electron chi connectivity index (χ0n) is 18.2. The molecule has 0 aromatic heterocycles. The molecular weight excluding hydrogens is 387 g/mol. The van der Waals surface area contributed by atoms with Crippen LogP contribution < -0.4 is 0 Å². The van der Waals surface area contributed by atoms with E-state index in [1.165, 1.54) is 122 Å². The highest BCUT2D eigenvalue weighted by atomic mass is 35.5. The van der Waals surface area contributed by atoms with Crippen molar-refractivity contribution in [3.05, 3.63) is 0 Å². The fourth-order valence-corrected chi connectivity index (χ4v) is 3.88. The van der Waals surface area contributed by atoms with Crippen LogP contribution in [-0.2, 0) is 4.79 Å². The largest absolute Gasteiger partial charge is 0.296 e. The van der Waals surface area contributed by atoms with E-state index in [4.69, 9.17) is 23.2 Å². The lowest BCUT2D eigenvalue weighted by Gasteiger charge is -2.04. The highest BCUT2D eigenvalue weighted by Crippen LogP contribution is 2.15. The van der Waals surface area contributed by atoms with Gasteiger partial charge in [0, 0.05) is 12.3 Å². The number of carbonyl (C=O) groups excluding carboxylic acids is 1. The Hall–Kier alpha value is -0.190. The third kappa shape index (κ3) is 25.8. The van der Waals surface area contributed by atoms with E-state index in [0.717, 1.165) is 18.7 Å². The van der Waals surface area contributed by atoms with Crippen molar-refractivity contribution in [1.29, 1.82) is 0 Å².